The molecule has 0 spiro atoms. The first-order valence-electron chi connectivity index (χ1n) is 3.88. The molecule has 0 saturated heterocycles. The van der Waals surface area contributed by atoms with Crippen LogP contribution in [0.25, 0.3) is 0 Å². The summed E-state index contributed by atoms with van der Waals surface area (Å²) in [6.45, 7) is 3.06. The zero-order valence-corrected chi connectivity index (χ0v) is 8.76. The lowest BCUT2D eigenvalue weighted by molar-refractivity contribution is -0.170. The van der Waals surface area contributed by atoms with Gasteiger partial charge in [-0.2, -0.15) is 5.06 Å². The molecule has 0 rings (SSSR count). The fraction of sp³-hybridized carbons (Fsp3) is 0.833. The van der Waals surface area contributed by atoms with Crippen molar-refractivity contribution in [2.45, 2.75) is 19.9 Å². The van der Waals surface area contributed by atoms with Crippen LogP contribution in [0.2, 0.25) is 0 Å². The van der Waals surface area contributed by atoms with Gasteiger partial charge < -0.3 is 20.1 Å². The standard InChI is InChI=1S/C6H14NO6P/c1-4(2)5(6(8)9)7(10)3-14(11,12)13/h4-5,10H,3H2,1-2H3,(H,8,9)(H2,11,12,13). The number of carboxylic acid groups (broad SMARTS) is 1. The van der Waals surface area contributed by atoms with Crippen LogP contribution in [0, 0.1) is 5.92 Å². The molecule has 0 saturated carbocycles. The molecule has 0 amide bonds. The van der Waals surface area contributed by atoms with Gasteiger partial charge in [0.2, 0.25) is 0 Å². The van der Waals surface area contributed by atoms with Gasteiger partial charge in [-0.15, -0.1) is 0 Å². The number of hydrogen-bond donors (Lipinski definition) is 4. The van der Waals surface area contributed by atoms with Crippen molar-refractivity contribution >= 4 is 13.6 Å². The molecule has 7 nitrogen and oxygen atoms in total. The number of carboxylic acids is 1. The van der Waals surface area contributed by atoms with E-state index in [1.165, 1.54) is 13.8 Å². The number of aliphatic carboxylic acids is 1. The van der Waals surface area contributed by atoms with Crippen LogP contribution in [0.3, 0.4) is 0 Å². The maximum Gasteiger partial charge on any atom is 0.341 e. The van der Waals surface area contributed by atoms with Crippen molar-refractivity contribution in [3.05, 3.63) is 0 Å². The Hall–Kier alpha value is -0.460. The molecule has 0 heterocycles. The molecule has 0 radical (unpaired) electrons. The van der Waals surface area contributed by atoms with Gasteiger partial charge in [-0.05, 0) is 5.92 Å². The lowest BCUT2D eigenvalue weighted by atomic mass is 10.1. The maximum absolute atomic E-state index is 10.6. The second-order valence-electron chi connectivity index (χ2n) is 3.27. The second kappa shape index (κ2) is 4.86. The number of nitrogens with zero attached hydrogens (tertiary/aromatic N) is 1. The summed E-state index contributed by atoms with van der Waals surface area (Å²) in [6.07, 6.45) is -0.984. The topological polar surface area (TPSA) is 118 Å². The van der Waals surface area contributed by atoms with Gasteiger partial charge in [-0.25, -0.2) is 0 Å². The summed E-state index contributed by atoms with van der Waals surface area (Å²) in [6, 6.07) is -1.32. The molecule has 8 heteroatoms. The lowest BCUT2D eigenvalue weighted by Crippen LogP contribution is -2.43. The van der Waals surface area contributed by atoms with Gasteiger partial charge >= 0.3 is 13.6 Å². The van der Waals surface area contributed by atoms with Crippen LogP contribution < -0.4 is 0 Å². The highest BCUT2D eigenvalue weighted by Gasteiger charge is 2.31. The minimum Gasteiger partial charge on any atom is -0.480 e. The van der Waals surface area contributed by atoms with Crippen LogP contribution in [0.1, 0.15) is 13.8 Å². The Balaban J connectivity index is 4.54. The van der Waals surface area contributed by atoms with E-state index in [0.29, 0.717) is 0 Å². The van der Waals surface area contributed by atoms with Crippen molar-refractivity contribution in [3.8, 4) is 0 Å². The minimum atomic E-state index is -4.44. The van der Waals surface area contributed by atoms with E-state index in [0.717, 1.165) is 0 Å². The molecule has 0 aromatic heterocycles. The van der Waals surface area contributed by atoms with Crippen molar-refractivity contribution in [3.63, 3.8) is 0 Å². The Kier molecular flexibility index (Phi) is 4.70. The number of rotatable bonds is 5. The maximum atomic E-state index is 10.6. The molecule has 0 fully saturated rings. The number of hydroxylamine groups is 2. The molecule has 0 bridgehead atoms. The first kappa shape index (κ1) is 13.5. The second-order valence-corrected chi connectivity index (χ2v) is 4.88. The lowest BCUT2D eigenvalue weighted by Gasteiger charge is -2.25. The summed E-state index contributed by atoms with van der Waals surface area (Å²) in [5.74, 6) is -1.78. The van der Waals surface area contributed by atoms with Gasteiger partial charge in [-0.1, -0.05) is 13.8 Å². The van der Waals surface area contributed by atoms with Crippen molar-refractivity contribution in [1.82, 2.24) is 5.06 Å². The molecule has 1 unspecified atom stereocenters. The Morgan fingerprint density at radius 3 is 2.07 bits per heavy atom. The van der Waals surface area contributed by atoms with E-state index in [2.05, 4.69) is 0 Å². The SMILES string of the molecule is CC(C)C(C(=O)O)N(O)CP(=O)(O)O. The fourth-order valence-electron chi connectivity index (χ4n) is 1.03. The Labute approximate surface area is 81.1 Å². The van der Waals surface area contributed by atoms with Gasteiger partial charge in [-0.3, -0.25) is 9.36 Å². The quantitative estimate of drug-likeness (QED) is 0.383. The van der Waals surface area contributed by atoms with Crippen LogP contribution in [0.4, 0.5) is 0 Å². The highest BCUT2D eigenvalue weighted by molar-refractivity contribution is 7.51. The molecule has 0 aromatic rings. The Morgan fingerprint density at radius 2 is 1.86 bits per heavy atom. The van der Waals surface area contributed by atoms with Crippen molar-refractivity contribution in [1.29, 1.82) is 0 Å². The Morgan fingerprint density at radius 1 is 1.43 bits per heavy atom. The van der Waals surface area contributed by atoms with Crippen LogP contribution in [0.5, 0.6) is 0 Å². The fourth-order valence-corrected chi connectivity index (χ4v) is 1.59. The van der Waals surface area contributed by atoms with E-state index in [1.54, 1.807) is 0 Å². The van der Waals surface area contributed by atoms with E-state index in [9.17, 15) is 9.36 Å². The van der Waals surface area contributed by atoms with E-state index in [-0.39, 0.29) is 5.06 Å². The van der Waals surface area contributed by atoms with Gasteiger partial charge in [0.25, 0.3) is 0 Å². The summed E-state index contributed by atoms with van der Waals surface area (Å²) in [7, 11) is -4.44. The minimum absolute atomic E-state index is 0.160. The molecular weight excluding hydrogens is 213 g/mol. The van der Waals surface area contributed by atoms with E-state index in [4.69, 9.17) is 20.1 Å². The zero-order valence-electron chi connectivity index (χ0n) is 7.86. The molecule has 1 atom stereocenters. The van der Waals surface area contributed by atoms with Crippen LogP contribution in [-0.4, -0.2) is 43.5 Å². The summed E-state index contributed by atoms with van der Waals surface area (Å²) in [5, 5.41) is 18.0. The number of carbonyl (C=O) groups is 1. The average Bonchev–Trinajstić information content (AvgIpc) is 1.78. The van der Waals surface area contributed by atoms with Gasteiger partial charge in [0, 0.05) is 0 Å². The van der Waals surface area contributed by atoms with E-state index >= 15 is 0 Å². The zero-order chi connectivity index (χ0) is 11.5. The highest BCUT2D eigenvalue weighted by Crippen LogP contribution is 2.35. The molecule has 0 aromatic carbocycles. The summed E-state index contributed by atoms with van der Waals surface area (Å²) < 4.78 is 10.5. The van der Waals surface area contributed by atoms with Crippen molar-refractivity contribution in [2.75, 3.05) is 6.29 Å². The predicted molar refractivity (Wildman–Crippen MR) is 46.8 cm³/mol. The molecule has 0 aliphatic carbocycles. The summed E-state index contributed by atoms with van der Waals surface area (Å²) in [5.41, 5.74) is 0. The average molecular weight is 227 g/mol. The third-order valence-corrected chi connectivity index (χ3v) is 2.19. The van der Waals surface area contributed by atoms with Crippen LogP contribution in [0.15, 0.2) is 0 Å². The van der Waals surface area contributed by atoms with E-state index in [1.807, 2.05) is 0 Å². The number of hydrogen-bond acceptors (Lipinski definition) is 4. The highest BCUT2D eigenvalue weighted by atomic mass is 31.2. The molecule has 84 valence electrons. The molecular formula is C6H14NO6P. The molecule has 0 aliphatic rings. The first-order chi connectivity index (χ1) is 6.15. The van der Waals surface area contributed by atoms with Crippen LogP contribution in [-0.2, 0) is 9.36 Å². The van der Waals surface area contributed by atoms with Gasteiger partial charge in [0.05, 0.1) is 0 Å². The normalized spacial score (nSPS) is 14.8. The molecule has 14 heavy (non-hydrogen) atoms. The third kappa shape index (κ3) is 4.69. The molecule has 0 aliphatic heterocycles. The van der Waals surface area contributed by atoms with Gasteiger partial charge in [0.15, 0.2) is 0 Å². The largest absolute Gasteiger partial charge is 0.480 e. The van der Waals surface area contributed by atoms with Gasteiger partial charge in [0.1, 0.15) is 12.3 Å². The van der Waals surface area contributed by atoms with Crippen molar-refractivity contribution < 1.29 is 29.5 Å². The summed E-state index contributed by atoms with van der Waals surface area (Å²) >= 11 is 0. The monoisotopic (exact) mass is 227 g/mol. The summed E-state index contributed by atoms with van der Waals surface area (Å²) in [4.78, 5) is 27.6. The molecule has 4 N–H and O–H groups in total. The van der Waals surface area contributed by atoms with E-state index < -0.39 is 31.8 Å². The van der Waals surface area contributed by atoms with Crippen LogP contribution >= 0.6 is 7.60 Å². The first-order valence-corrected chi connectivity index (χ1v) is 5.68. The smallest absolute Gasteiger partial charge is 0.341 e. The third-order valence-electron chi connectivity index (χ3n) is 1.53. The Bertz CT molecular complexity index is 249. The van der Waals surface area contributed by atoms with Crippen molar-refractivity contribution in [2.24, 2.45) is 5.92 Å². The predicted octanol–water partition coefficient (Wildman–Crippen LogP) is -0.0780.